The number of piperidine rings is 1. The van der Waals surface area contributed by atoms with Gasteiger partial charge in [0.05, 0.1) is 18.1 Å². The Bertz CT molecular complexity index is 290. The normalized spacial score (nSPS) is 28.1. The smallest absolute Gasteiger partial charge is 0.230 e. The average Bonchev–Trinajstić information content (AvgIpc) is 2.47. The van der Waals surface area contributed by atoms with E-state index in [9.17, 15) is 9.90 Å². The fourth-order valence-electron chi connectivity index (χ4n) is 3.03. The van der Waals surface area contributed by atoms with Crippen molar-refractivity contribution in [2.45, 2.75) is 38.1 Å². The van der Waals surface area contributed by atoms with Gasteiger partial charge in [0.15, 0.2) is 0 Å². The molecule has 1 atom stereocenters. The summed E-state index contributed by atoms with van der Waals surface area (Å²) in [5.74, 6) is 0.132. The molecule has 0 radical (unpaired) electrons. The van der Waals surface area contributed by atoms with Crippen LogP contribution < -0.4 is 5.73 Å². The zero-order chi connectivity index (χ0) is 13.0. The molecule has 0 aromatic carbocycles. The van der Waals surface area contributed by atoms with Gasteiger partial charge in [-0.2, -0.15) is 0 Å². The van der Waals surface area contributed by atoms with E-state index in [2.05, 4.69) is 0 Å². The van der Waals surface area contributed by atoms with E-state index in [-0.39, 0.29) is 18.6 Å². The highest BCUT2D eigenvalue weighted by Gasteiger charge is 2.43. The van der Waals surface area contributed by atoms with E-state index in [0.717, 1.165) is 25.8 Å². The van der Waals surface area contributed by atoms with Gasteiger partial charge >= 0.3 is 0 Å². The second-order valence-corrected chi connectivity index (χ2v) is 5.43. The van der Waals surface area contributed by atoms with Crippen LogP contribution in [-0.4, -0.2) is 54.9 Å². The topological polar surface area (TPSA) is 75.8 Å². The largest absolute Gasteiger partial charge is 0.394 e. The third-order valence-corrected chi connectivity index (χ3v) is 4.39. The van der Waals surface area contributed by atoms with Gasteiger partial charge in [-0.15, -0.1) is 0 Å². The zero-order valence-corrected chi connectivity index (χ0v) is 10.9. The van der Waals surface area contributed by atoms with Crippen LogP contribution in [0.4, 0.5) is 0 Å². The number of hydrogen-bond acceptors (Lipinski definition) is 4. The van der Waals surface area contributed by atoms with Crippen LogP contribution in [0.3, 0.4) is 0 Å². The summed E-state index contributed by atoms with van der Waals surface area (Å²) in [5.41, 5.74) is 5.41. The Labute approximate surface area is 108 Å². The fourth-order valence-corrected chi connectivity index (χ4v) is 3.03. The number of hydrogen-bond donors (Lipinski definition) is 2. The highest BCUT2D eigenvalue weighted by Crippen LogP contribution is 2.33. The van der Waals surface area contributed by atoms with Gasteiger partial charge < -0.3 is 20.5 Å². The number of nitrogens with zero attached hydrogens (tertiary/aromatic N) is 1. The van der Waals surface area contributed by atoms with Crippen molar-refractivity contribution in [1.29, 1.82) is 0 Å². The number of nitrogens with two attached hydrogens (primary N) is 1. The van der Waals surface area contributed by atoms with Crippen LogP contribution in [-0.2, 0) is 9.53 Å². The molecular formula is C13H24N2O3. The molecule has 18 heavy (non-hydrogen) atoms. The van der Waals surface area contributed by atoms with Gasteiger partial charge in [-0.1, -0.05) is 0 Å². The van der Waals surface area contributed by atoms with Crippen LogP contribution in [0, 0.1) is 5.41 Å². The minimum absolute atomic E-state index is 0.0162. The lowest BCUT2D eigenvalue weighted by molar-refractivity contribution is -0.152. The minimum atomic E-state index is -0.455. The number of aliphatic hydroxyl groups excluding tert-OH is 1. The van der Waals surface area contributed by atoms with Gasteiger partial charge in [0, 0.05) is 26.3 Å². The van der Waals surface area contributed by atoms with E-state index in [1.807, 2.05) is 4.90 Å². The van der Waals surface area contributed by atoms with Crippen LogP contribution in [0.5, 0.6) is 0 Å². The van der Waals surface area contributed by atoms with E-state index >= 15 is 0 Å². The molecule has 2 saturated heterocycles. The summed E-state index contributed by atoms with van der Waals surface area (Å²) in [5, 5.41) is 9.42. The number of ether oxygens (including phenoxy) is 1. The van der Waals surface area contributed by atoms with Crippen molar-refractivity contribution in [2.75, 3.05) is 32.9 Å². The molecule has 0 saturated carbocycles. The average molecular weight is 256 g/mol. The molecule has 2 aliphatic heterocycles. The van der Waals surface area contributed by atoms with Crippen LogP contribution in [0.2, 0.25) is 0 Å². The van der Waals surface area contributed by atoms with Gasteiger partial charge in [-0.3, -0.25) is 4.79 Å². The molecule has 1 unspecified atom stereocenters. The van der Waals surface area contributed by atoms with Crippen molar-refractivity contribution in [3.05, 3.63) is 0 Å². The molecule has 1 amide bonds. The Balaban J connectivity index is 2.11. The Morgan fingerprint density at radius 1 is 1.39 bits per heavy atom. The van der Waals surface area contributed by atoms with E-state index in [4.69, 9.17) is 10.5 Å². The summed E-state index contributed by atoms with van der Waals surface area (Å²) in [6.45, 7) is 2.42. The first-order chi connectivity index (χ1) is 8.73. The fraction of sp³-hybridized carbons (Fsp3) is 0.923. The van der Waals surface area contributed by atoms with Crippen LogP contribution >= 0.6 is 0 Å². The first-order valence-electron chi connectivity index (χ1n) is 6.93. The summed E-state index contributed by atoms with van der Waals surface area (Å²) in [6.07, 6.45) is 4.43. The van der Waals surface area contributed by atoms with Gasteiger partial charge in [0.2, 0.25) is 5.91 Å². The molecular weight excluding hydrogens is 232 g/mol. The van der Waals surface area contributed by atoms with Crippen molar-refractivity contribution >= 4 is 5.91 Å². The molecule has 5 nitrogen and oxygen atoms in total. The molecule has 2 rings (SSSR count). The molecule has 0 spiro atoms. The van der Waals surface area contributed by atoms with E-state index in [1.165, 1.54) is 0 Å². The molecule has 0 aliphatic carbocycles. The lowest BCUT2D eigenvalue weighted by Gasteiger charge is -2.43. The molecule has 104 valence electrons. The Morgan fingerprint density at radius 2 is 2.11 bits per heavy atom. The molecule has 5 heteroatoms. The van der Waals surface area contributed by atoms with E-state index < -0.39 is 5.41 Å². The van der Waals surface area contributed by atoms with Crippen LogP contribution in [0.25, 0.3) is 0 Å². The summed E-state index contributed by atoms with van der Waals surface area (Å²) >= 11 is 0. The van der Waals surface area contributed by atoms with Gasteiger partial charge in [-0.25, -0.2) is 0 Å². The second-order valence-electron chi connectivity index (χ2n) is 5.43. The Morgan fingerprint density at radius 3 is 2.72 bits per heavy atom. The first kappa shape index (κ1) is 13.8. The summed E-state index contributed by atoms with van der Waals surface area (Å²) in [4.78, 5) is 14.6. The molecule has 0 bridgehead atoms. The van der Waals surface area contributed by atoms with Crippen molar-refractivity contribution in [2.24, 2.45) is 11.1 Å². The van der Waals surface area contributed by atoms with Crippen molar-refractivity contribution < 1.29 is 14.6 Å². The predicted molar refractivity (Wildman–Crippen MR) is 68.0 cm³/mol. The van der Waals surface area contributed by atoms with Crippen LogP contribution in [0.15, 0.2) is 0 Å². The van der Waals surface area contributed by atoms with Gasteiger partial charge in [0.25, 0.3) is 0 Å². The van der Waals surface area contributed by atoms with Gasteiger partial charge in [0.1, 0.15) is 0 Å². The monoisotopic (exact) mass is 256 g/mol. The third kappa shape index (κ3) is 2.53. The third-order valence-electron chi connectivity index (χ3n) is 4.39. The van der Waals surface area contributed by atoms with Crippen molar-refractivity contribution in [1.82, 2.24) is 4.90 Å². The molecule has 3 N–H and O–H groups in total. The van der Waals surface area contributed by atoms with E-state index in [1.54, 1.807) is 0 Å². The standard InChI is InChI=1S/C13H24N2O3/c14-10-13(4-7-18-8-5-13)12(17)15-6-2-1-3-11(15)9-16/h11,16H,1-10,14H2. The second kappa shape index (κ2) is 5.99. The molecule has 2 aliphatic rings. The summed E-state index contributed by atoms with van der Waals surface area (Å²) < 4.78 is 5.34. The first-order valence-corrected chi connectivity index (χ1v) is 6.93. The maximum absolute atomic E-state index is 12.8. The summed E-state index contributed by atoms with van der Waals surface area (Å²) in [6, 6.07) is -0.0162. The number of amides is 1. The lowest BCUT2D eigenvalue weighted by atomic mass is 9.78. The summed E-state index contributed by atoms with van der Waals surface area (Å²) in [7, 11) is 0. The predicted octanol–water partition coefficient (Wildman–Crippen LogP) is 0.115. The maximum Gasteiger partial charge on any atom is 0.230 e. The maximum atomic E-state index is 12.8. The molecule has 0 aromatic rings. The van der Waals surface area contributed by atoms with E-state index in [0.29, 0.717) is 32.6 Å². The number of likely N-dealkylation sites (tertiary alicyclic amines) is 1. The van der Waals surface area contributed by atoms with Crippen molar-refractivity contribution in [3.8, 4) is 0 Å². The number of carbonyl (C=O) groups excluding carboxylic acids is 1. The highest BCUT2D eigenvalue weighted by atomic mass is 16.5. The quantitative estimate of drug-likeness (QED) is 0.752. The Kier molecular flexibility index (Phi) is 4.59. The van der Waals surface area contributed by atoms with Crippen LogP contribution in [0.1, 0.15) is 32.1 Å². The number of rotatable bonds is 3. The molecule has 0 aromatic heterocycles. The minimum Gasteiger partial charge on any atom is -0.394 e. The number of carbonyl (C=O) groups is 1. The molecule has 2 heterocycles. The molecule has 2 fully saturated rings. The SMILES string of the molecule is NCC1(C(=O)N2CCCCC2CO)CCOCC1. The highest BCUT2D eigenvalue weighted by molar-refractivity contribution is 5.83. The zero-order valence-electron chi connectivity index (χ0n) is 10.9. The number of aliphatic hydroxyl groups is 1. The van der Waals surface area contributed by atoms with Crippen molar-refractivity contribution in [3.63, 3.8) is 0 Å². The Hall–Kier alpha value is -0.650. The van der Waals surface area contributed by atoms with Gasteiger partial charge in [-0.05, 0) is 32.1 Å². The lowest BCUT2D eigenvalue weighted by Crippen LogP contribution is -2.55.